The normalized spacial score (nSPS) is 11.0. The Morgan fingerprint density at radius 2 is 2.07 bits per heavy atom. The summed E-state index contributed by atoms with van der Waals surface area (Å²) in [6.45, 7) is 1.88. The highest BCUT2D eigenvalue weighted by atomic mass is 32.2. The van der Waals surface area contributed by atoms with Gasteiger partial charge in [0, 0.05) is 10.9 Å². The van der Waals surface area contributed by atoms with Gasteiger partial charge in [0.05, 0.1) is 11.4 Å². The number of hydrogen-bond donors (Lipinski definition) is 1. The first kappa shape index (κ1) is 18.0. The number of fused-ring (bicyclic) bond motifs is 1. The zero-order valence-electron chi connectivity index (χ0n) is 14.0. The van der Waals surface area contributed by atoms with Crippen LogP contribution in [0.1, 0.15) is 5.69 Å². The van der Waals surface area contributed by atoms with Gasteiger partial charge in [-0.1, -0.05) is 11.8 Å². The number of rotatable bonds is 5. The second kappa shape index (κ2) is 7.67. The summed E-state index contributed by atoms with van der Waals surface area (Å²) < 4.78 is 18.4. The molecule has 4 rings (SSSR count). The lowest BCUT2D eigenvalue weighted by molar-refractivity contribution is -0.113. The lowest BCUT2D eigenvalue weighted by Gasteiger charge is -2.02. The Labute approximate surface area is 166 Å². The third-order valence-electron chi connectivity index (χ3n) is 3.55. The molecule has 1 N–H and O–H groups in total. The Morgan fingerprint density at radius 1 is 1.26 bits per heavy atom. The molecular formula is C17H12FN5OS3. The molecule has 1 aromatic carbocycles. The molecule has 0 saturated heterocycles. The first-order valence-corrected chi connectivity index (χ1v) is 10.4. The molecular weight excluding hydrogens is 405 g/mol. The van der Waals surface area contributed by atoms with E-state index in [0.29, 0.717) is 21.4 Å². The largest absolute Gasteiger partial charge is 0.301 e. The molecule has 0 atom stereocenters. The van der Waals surface area contributed by atoms with Crippen LogP contribution in [0.2, 0.25) is 0 Å². The molecule has 4 aromatic rings. The van der Waals surface area contributed by atoms with E-state index >= 15 is 0 Å². The maximum absolute atomic E-state index is 13.2. The van der Waals surface area contributed by atoms with Gasteiger partial charge in [0.25, 0.3) is 0 Å². The van der Waals surface area contributed by atoms with E-state index < -0.39 is 0 Å². The van der Waals surface area contributed by atoms with Crippen molar-refractivity contribution in [1.82, 2.24) is 19.3 Å². The molecule has 0 fully saturated rings. The van der Waals surface area contributed by atoms with Crippen LogP contribution in [0.25, 0.3) is 21.5 Å². The molecule has 0 radical (unpaired) electrons. The summed E-state index contributed by atoms with van der Waals surface area (Å²) in [6, 6.07) is 6.12. The first-order valence-electron chi connectivity index (χ1n) is 7.81. The number of halogens is 1. The van der Waals surface area contributed by atoms with Crippen molar-refractivity contribution >= 4 is 55.9 Å². The number of aromatic nitrogens is 4. The lowest BCUT2D eigenvalue weighted by Crippen LogP contribution is -2.13. The Morgan fingerprint density at radius 3 is 2.81 bits per heavy atom. The van der Waals surface area contributed by atoms with E-state index in [2.05, 4.69) is 24.6 Å². The van der Waals surface area contributed by atoms with E-state index in [1.54, 1.807) is 12.1 Å². The fourth-order valence-corrected chi connectivity index (χ4v) is 4.77. The van der Waals surface area contributed by atoms with Gasteiger partial charge in [-0.15, -0.1) is 11.3 Å². The number of amides is 1. The predicted octanol–water partition coefficient (Wildman–Crippen LogP) is 4.39. The number of anilines is 1. The number of benzene rings is 1. The summed E-state index contributed by atoms with van der Waals surface area (Å²) in [6.07, 6.45) is 1.45. The van der Waals surface area contributed by atoms with Gasteiger partial charge in [-0.2, -0.15) is 4.37 Å². The number of carbonyl (C=O) groups is 1. The van der Waals surface area contributed by atoms with Crippen molar-refractivity contribution in [3.8, 4) is 11.3 Å². The number of thioether (sulfide) groups is 1. The number of carbonyl (C=O) groups excluding carboxylic acids is 1. The molecule has 0 bridgehead atoms. The summed E-state index contributed by atoms with van der Waals surface area (Å²) in [4.78, 5) is 24.9. The van der Waals surface area contributed by atoms with Crippen LogP contribution in [0.4, 0.5) is 9.52 Å². The molecule has 3 heterocycles. The van der Waals surface area contributed by atoms with Gasteiger partial charge in [-0.25, -0.2) is 19.3 Å². The molecule has 6 nitrogen and oxygen atoms in total. The monoisotopic (exact) mass is 417 g/mol. The highest BCUT2D eigenvalue weighted by molar-refractivity contribution is 8.00. The van der Waals surface area contributed by atoms with Crippen molar-refractivity contribution in [2.24, 2.45) is 0 Å². The second-order valence-corrected chi connectivity index (χ2v) is 8.12. The van der Waals surface area contributed by atoms with E-state index in [1.807, 2.05) is 12.3 Å². The number of aryl methyl sites for hydroxylation is 1. The lowest BCUT2D eigenvalue weighted by atomic mass is 10.1. The van der Waals surface area contributed by atoms with Gasteiger partial charge < -0.3 is 5.32 Å². The fraction of sp³-hybridized carbons (Fsp3) is 0.118. The highest BCUT2D eigenvalue weighted by Gasteiger charge is 2.16. The minimum absolute atomic E-state index is 0.149. The average molecular weight is 418 g/mol. The van der Waals surface area contributed by atoms with Crippen LogP contribution < -0.4 is 5.32 Å². The zero-order chi connectivity index (χ0) is 18.8. The zero-order valence-corrected chi connectivity index (χ0v) is 16.4. The molecule has 0 unspecified atom stereocenters. The molecule has 3 aromatic heterocycles. The number of nitrogens with zero attached hydrogens (tertiary/aromatic N) is 4. The second-order valence-electron chi connectivity index (χ2n) is 5.53. The number of thiazole rings is 1. The van der Waals surface area contributed by atoms with E-state index in [1.165, 1.54) is 53.1 Å². The van der Waals surface area contributed by atoms with Gasteiger partial charge in [0.1, 0.15) is 33.1 Å². The highest BCUT2D eigenvalue weighted by Crippen LogP contribution is 2.34. The van der Waals surface area contributed by atoms with Gasteiger partial charge in [0.2, 0.25) is 5.91 Å². The van der Waals surface area contributed by atoms with E-state index in [-0.39, 0.29) is 17.5 Å². The van der Waals surface area contributed by atoms with Crippen molar-refractivity contribution in [2.75, 3.05) is 11.1 Å². The predicted molar refractivity (Wildman–Crippen MR) is 107 cm³/mol. The van der Waals surface area contributed by atoms with Crippen LogP contribution in [0, 0.1) is 12.7 Å². The molecule has 136 valence electrons. The van der Waals surface area contributed by atoms with Crippen LogP contribution in [-0.4, -0.2) is 31.0 Å². The Kier molecular flexibility index (Phi) is 5.10. The minimum atomic E-state index is -0.300. The fourth-order valence-electron chi connectivity index (χ4n) is 2.34. The van der Waals surface area contributed by atoms with Gasteiger partial charge in [-0.05, 0) is 42.7 Å². The Bertz CT molecular complexity index is 1110. The summed E-state index contributed by atoms with van der Waals surface area (Å²) in [5, 5.41) is 5.93. The standard InChI is InChI=1S/C17H12FN5OS3/c1-9-6-26-17(21-9)22-12(24)7-25-16-15-14(19-8-20-16)13(23-27-15)10-2-4-11(18)5-3-10/h2-6,8H,7H2,1H3,(H,21,22,24). The summed E-state index contributed by atoms with van der Waals surface area (Å²) in [7, 11) is 0. The van der Waals surface area contributed by atoms with Gasteiger partial charge in [-0.3, -0.25) is 4.79 Å². The molecule has 0 aliphatic heterocycles. The Hall–Kier alpha value is -2.43. The Balaban J connectivity index is 1.52. The third-order valence-corrected chi connectivity index (χ3v) is 6.38. The maximum Gasteiger partial charge on any atom is 0.236 e. The van der Waals surface area contributed by atoms with Crippen LogP contribution in [0.3, 0.4) is 0 Å². The number of hydrogen-bond acceptors (Lipinski definition) is 8. The topological polar surface area (TPSA) is 80.7 Å². The molecule has 0 saturated carbocycles. The SMILES string of the molecule is Cc1csc(NC(=O)CSc2ncnc3c(-c4ccc(F)cc4)nsc23)n1. The van der Waals surface area contributed by atoms with E-state index in [0.717, 1.165) is 16.0 Å². The van der Waals surface area contributed by atoms with Gasteiger partial charge >= 0.3 is 0 Å². The smallest absolute Gasteiger partial charge is 0.236 e. The first-order chi connectivity index (χ1) is 13.1. The van der Waals surface area contributed by atoms with E-state index in [4.69, 9.17) is 0 Å². The summed E-state index contributed by atoms with van der Waals surface area (Å²) >= 11 is 3.98. The van der Waals surface area contributed by atoms with Crippen molar-refractivity contribution in [3.63, 3.8) is 0 Å². The van der Waals surface area contributed by atoms with Crippen LogP contribution in [-0.2, 0) is 4.79 Å². The quantitative estimate of drug-likeness (QED) is 0.383. The molecule has 0 aliphatic rings. The summed E-state index contributed by atoms with van der Waals surface area (Å²) in [5.74, 6) is -0.246. The van der Waals surface area contributed by atoms with Crippen molar-refractivity contribution in [3.05, 3.63) is 47.5 Å². The van der Waals surface area contributed by atoms with Crippen molar-refractivity contribution in [2.45, 2.75) is 11.9 Å². The minimum Gasteiger partial charge on any atom is -0.301 e. The third kappa shape index (κ3) is 3.97. The van der Waals surface area contributed by atoms with Crippen molar-refractivity contribution < 1.29 is 9.18 Å². The van der Waals surface area contributed by atoms with Crippen LogP contribution >= 0.6 is 34.6 Å². The molecule has 0 aliphatic carbocycles. The average Bonchev–Trinajstić information content (AvgIpc) is 3.27. The van der Waals surface area contributed by atoms with Gasteiger partial charge in [0.15, 0.2) is 5.13 Å². The number of nitrogens with one attached hydrogen (secondary N) is 1. The molecule has 0 spiro atoms. The van der Waals surface area contributed by atoms with Crippen LogP contribution in [0.5, 0.6) is 0 Å². The van der Waals surface area contributed by atoms with E-state index in [9.17, 15) is 9.18 Å². The molecule has 27 heavy (non-hydrogen) atoms. The molecule has 10 heteroatoms. The summed E-state index contributed by atoms with van der Waals surface area (Å²) in [5.41, 5.74) is 3.04. The van der Waals surface area contributed by atoms with Crippen molar-refractivity contribution in [1.29, 1.82) is 0 Å². The molecule has 1 amide bonds. The maximum atomic E-state index is 13.2. The van der Waals surface area contributed by atoms with Crippen LogP contribution in [0.15, 0.2) is 41.0 Å².